The number of rotatable bonds is 2. The molecule has 2 nitrogen and oxygen atoms in total. The van der Waals surface area contributed by atoms with E-state index in [4.69, 9.17) is 5.73 Å². The zero-order valence-corrected chi connectivity index (χ0v) is 11.4. The molecule has 2 aromatic rings. The summed E-state index contributed by atoms with van der Waals surface area (Å²) >= 11 is 1.77. The minimum atomic E-state index is 0.0927. The van der Waals surface area contributed by atoms with Crippen LogP contribution < -0.4 is 5.73 Å². The second-order valence-corrected chi connectivity index (χ2v) is 6.13. The van der Waals surface area contributed by atoms with Crippen LogP contribution >= 0.6 is 11.3 Å². The van der Waals surface area contributed by atoms with E-state index in [1.54, 1.807) is 11.3 Å². The molecule has 18 heavy (non-hydrogen) atoms. The van der Waals surface area contributed by atoms with E-state index < -0.39 is 0 Å². The Labute approximate surface area is 112 Å². The molecule has 3 heteroatoms. The summed E-state index contributed by atoms with van der Waals surface area (Å²) in [5.41, 5.74) is 8.88. The first-order chi connectivity index (χ1) is 8.75. The van der Waals surface area contributed by atoms with Crippen molar-refractivity contribution >= 4 is 11.3 Å². The monoisotopic (exact) mass is 258 g/mol. The molecule has 0 radical (unpaired) electrons. The average Bonchev–Trinajstić information content (AvgIpc) is 2.87. The van der Waals surface area contributed by atoms with Crippen molar-refractivity contribution in [2.45, 2.75) is 38.1 Å². The Bertz CT molecular complexity index is 545. The van der Waals surface area contributed by atoms with Gasteiger partial charge < -0.3 is 5.73 Å². The van der Waals surface area contributed by atoms with Gasteiger partial charge in [-0.1, -0.05) is 24.3 Å². The van der Waals surface area contributed by atoms with E-state index in [1.807, 2.05) is 13.1 Å². The minimum absolute atomic E-state index is 0.0927. The van der Waals surface area contributed by atoms with E-state index in [9.17, 15) is 0 Å². The van der Waals surface area contributed by atoms with Gasteiger partial charge in [0.15, 0.2) is 0 Å². The van der Waals surface area contributed by atoms with E-state index >= 15 is 0 Å². The highest BCUT2D eigenvalue weighted by molar-refractivity contribution is 7.11. The lowest BCUT2D eigenvalue weighted by atomic mass is 9.83. The van der Waals surface area contributed by atoms with Gasteiger partial charge in [0.25, 0.3) is 0 Å². The highest BCUT2D eigenvalue weighted by Crippen LogP contribution is 2.38. The number of aryl methyl sites for hydroxylation is 1. The van der Waals surface area contributed by atoms with Gasteiger partial charge in [0.2, 0.25) is 0 Å². The molecule has 3 rings (SSSR count). The molecule has 0 bridgehead atoms. The van der Waals surface area contributed by atoms with Crippen molar-refractivity contribution in [2.75, 3.05) is 0 Å². The summed E-state index contributed by atoms with van der Waals surface area (Å²) in [5.74, 6) is 0.479. The average molecular weight is 258 g/mol. The van der Waals surface area contributed by atoms with Crippen molar-refractivity contribution < 1.29 is 0 Å². The number of thiazole rings is 1. The Balaban J connectivity index is 1.97. The lowest BCUT2D eigenvalue weighted by Crippen LogP contribution is -2.10. The molecule has 0 saturated heterocycles. The van der Waals surface area contributed by atoms with Crippen LogP contribution in [0.3, 0.4) is 0 Å². The van der Waals surface area contributed by atoms with Gasteiger partial charge in [-0.2, -0.15) is 0 Å². The Kier molecular flexibility index (Phi) is 3.18. The molecule has 1 aliphatic rings. The molecule has 2 unspecified atom stereocenters. The predicted molar refractivity (Wildman–Crippen MR) is 75.9 cm³/mol. The molecule has 0 saturated carbocycles. The maximum Gasteiger partial charge on any atom is 0.100 e. The van der Waals surface area contributed by atoms with Crippen LogP contribution in [0.25, 0.3) is 0 Å². The maximum atomic E-state index is 5.92. The van der Waals surface area contributed by atoms with E-state index in [0.29, 0.717) is 5.92 Å². The van der Waals surface area contributed by atoms with Crippen molar-refractivity contribution in [3.8, 4) is 0 Å². The van der Waals surface area contributed by atoms with Crippen LogP contribution in [0.1, 0.15) is 52.7 Å². The topological polar surface area (TPSA) is 38.9 Å². The van der Waals surface area contributed by atoms with Crippen LogP contribution in [-0.4, -0.2) is 4.98 Å². The summed E-state index contributed by atoms with van der Waals surface area (Å²) in [4.78, 5) is 5.79. The van der Waals surface area contributed by atoms with Crippen molar-refractivity contribution in [1.29, 1.82) is 0 Å². The standard InChI is InChI=1S/C15H18N2S/c1-10(16)14-9-17-15(18-14)13-8-4-6-11-5-2-3-7-12(11)13/h2-3,5,7,9-10,13H,4,6,8,16H2,1H3. The van der Waals surface area contributed by atoms with Gasteiger partial charge in [-0.15, -0.1) is 11.3 Å². The first kappa shape index (κ1) is 11.9. The van der Waals surface area contributed by atoms with Crippen LogP contribution in [0.2, 0.25) is 0 Å². The highest BCUT2D eigenvalue weighted by Gasteiger charge is 2.24. The third kappa shape index (κ3) is 2.08. The smallest absolute Gasteiger partial charge is 0.100 e. The van der Waals surface area contributed by atoms with Gasteiger partial charge in [0.1, 0.15) is 5.01 Å². The Morgan fingerprint density at radius 3 is 3.00 bits per heavy atom. The fourth-order valence-corrected chi connectivity index (χ4v) is 3.71. The number of nitrogens with zero attached hydrogens (tertiary/aromatic N) is 1. The molecule has 1 aliphatic carbocycles. The third-order valence-electron chi connectivity index (χ3n) is 3.66. The predicted octanol–water partition coefficient (Wildman–Crippen LogP) is 3.63. The molecule has 0 aliphatic heterocycles. The summed E-state index contributed by atoms with van der Waals surface area (Å²) in [6, 6.07) is 8.87. The summed E-state index contributed by atoms with van der Waals surface area (Å²) in [6.07, 6.45) is 5.62. The largest absolute Gasteiger partial charge is 0.323 e. The SMILES string of the molecule is CC(N)c1cnc(C2CCCc3ccccc32)s1. The lowest BCUT2D eigenvalue weighted by Gasteiger charge is -2.23. The fraction of sp³-hybridized carbons (Fsp3) is 0.400. The summed E-state index contributed by atoms with van der Waals surface area (Å²) < 4.78 is 0. The zero-order chi connectivity index (χ0) is 12.5. The van der Waals surface area contributed by atoms with Gasteiger partial charge in [0.05, 0.1) is 0 Å². The van der Waals surface area contributed by atoms with Crippen LogP contribution in [0.4, 0.5) is 0 Å². The molecule has 1 aromatic carbocycles. The number of fused-ring (bicyclic) bond motifs is 1. The number of hydrogen-bond donors (Lipinski definition) is 1. The molecule has 0 amide bonds. The quantitative estimate of drug-likeness (QED) is 0.893. The fourth-order valence-electron chi connectivity index (χ4n) is 2.68. The molecule has 2 N–H and O–H groups in total. The number of benzene rings is 1. The minimum Gasteiger partial charge on any atom is -0.323 e. The molecule has 0 fully saturated rings. The molecule has 2 atom stereocenters. The van der Waals surface area contributed by atoms with Gasteiger partial charge in [-0.3, -0.25) is 0 Å². The van der Waals surface area contributed by atoms with Gasteiger partial charge in [0, 0.05) is 23.0 Å². The first-order valence-electron chi connectivity index (χ1n) is 6.54. The maximum absolute atomic E-state index is 5.92. The van der Waals surface area contributed by atoms with Crippen LogP contribution in [-0.2, 0) is 6.42 Å². The van der Waals surface area contributed by atoms with Gasteiger partial charge >= 0.3 is 0 Å². The number of aromatic nitrogens is 1. The number of hydrogen-bond acceptors (Lipinski definition) is 3. The molecule has 0 spiro atoms. The van der Waals surface area contributed by atoms with E-state index in [-0.39, 0.29) is 6.04 Å². The molecule has 94 valence electrons. The second-order valence-electron chi connectivity index (χ2n) is 5.03. The number of nitrogens with two attached hydrogens (primary N) is 1. The zero-order valence-electron chi connectivity index (χ0n) is 10.6. The second kappa shape index (κ2) is 4.82. The lowest BCUT2D eigenvalue weighted by molar-refractivity contribution is 0.613. The Morgan fingerprint density at radius 1 is 1.39 bits per heavy atom. The highest BCUT2D eigenvalue weighted by atomic mass is 32.1. The van der Waals surface area contributed by atoms with E-state index in [2.05, 4.69) is 29.2 Å². The van der Waals surface area contributed by atoms with Crippen molar-refractivity contribution in [3.63, 3.8) is 0 Å². The summed E-state index contributed by atoms with van der Waals surface area (Å²) in [7, 11) is 0. The Morgan fingerprint density at radius 2 is 2.22 bits per heavy atom. The normalized spacial score (nSPS) is 20.4. The van der Waals surface area contributed by atoms with Crippen LogP contribution in [0.5, 0.6) is 0 Å². The summed E-state index contributed by atoms with van der Waals surface area (Å²) in [6.45, 7) is 2.02. The molecule has 1 heterocycles. The van der Waals surface area contributed by atoms with Crippen LogP contribution in [0, 0.1) is 0 Å². The van der Waals surface area contributed by atoms with Crippen molar-refractivity contribution in [3.05, 3.63) is 51.5 Å². The van der Waals surface area contributed by atoms with E-state index in [1.165, 1.54) is 40.3 Å². The van der Waals surface area contributed by atoms with Gasteiger partial charge in [-0.05, 0) is 37.3 Å². The first-order valence-corrected chi connectivity index (χ1v) is 7.36. The van der Waals surface area contributed by atoms with Gasteiger partial charge in [-0.25, -0.2) is 4.98 Å². The van der Waals surface area contributed by atoms with E-state index in [0.717, 1.165) is 0 Å². The molecule has 1 aromatic heterocycles. The van der Waals surface area contributed by atoms with Crippen molar-refractivity contribution in [2.24, 2.45) is 5.73 Å². The Hall–Kier alpha value is -1.19. The third-order valence-corrected chi connectivity index (χ3v) is 4.97. The van der Waals surface area contributed by atoms with Crippen LogP contribution in [0.15, 0.2) is 30.5 Å². The molecular formula is C15H18N2S. The van der Waals surface area contributed by atoms with Crippen molar-refractivity contribution in [1.82, 2.24) is 4.98 Å². The molecular weight excluding hydrogens is 240 g/mol. The summed E-state index contributed by atoms with van der Waals surface area (Å²) in [5, 5.41) is 1.23.